The second-order valence-electron chi connectivity index (χ2n) is 8.72. The van der Waals surface area contributed by atoms with E-state index >= 15 is 0 Å². The van der Waals surface area contributed by atoms with Gasteiger partial charge in [0.15, 0.2) is 6.29 Å². The number of methoxy groups -OCH3 is 1. The van der Waals surface area contributed by atoms with Gasteiger partial charge in [0.05, 0.1) is 46.2 Å². The Morgan fingerprint density at radius 3 is 2.12 bits per heavy atom. The Morgan fingerprint density at radius 1 is 0.829 bits per heavy atom. The van der Waals surface area contributed by atoms with Crippen LogP contribution in [0.2, 0.25) is 0 Å². The van der Waals surface area contributed by atoms with Crippen LogP contribution in [-0.4, -0.2) is 134 Å². The molecule has 1 aliphatic heterocycles. The maximum atomic E-state index is 13.6. The van der Waals surface area contributed by atoms with Crippen molar-refractivity contribution in [2.45, 2.75) is 62.7 Å². The molecule has 18 heteroatoms. The van der Waals surface area contributed by atoms with E-state index in [1.807, 2.05) is 0 Å². The third kappa shape index (κ3) is 20.6. The van der Waals surface area contributed by atoms with Gasteiger partial charge in [-0.15, -0.1) is 8.78 Å². The number of alkyl halides is 6. The van der Waals surface area contributed by atoms with E-state index in [1.165, 1.54) is 7.11 Å². The number of ether oxygens (including phenoxy) is 10. The van der Waals surface area contributed by atoms with Crippen molar-refractivity contribution < 1.29 is 83.9 Å². The highest BCUT2D eigenvalue weighted by Crippen LogP contribution is 2.33. The normalized spacial score (nSPS) is 18.5. The molecule has 1 aliphatic rings. The average molecular weight is 623 g/mol. The lowest BCUT2D eigenvalue weighted by atomic mass is 10.2. The molecule has 1 heterocycles. The van der Waals surface area contributed by atoms with E-state index in [-0.39, 0.29) is 26.3 Å². The van der Waals surface area contributed by atoms with Gasteiger partial charge >= 0.3 is 18.5 Å². The van der Waals surface area contributed by atoms with E-state index in [0.717, 1.165) is 19.3 Å². The van der Waals surface area contributed by atoms with Gasteiger partial charge in [0.1, 0.15) is 32.2 Å². The highest BCUT2D eigenvalue weighted by Gasteiger charge is 2.52. The molecule has 1 fully saturated rings. The number of hydrogen-bond donors (Lipinski definition) is 2. The molecule has 0 aromatic carbocycles. The first-order valence-corrected chi connectivity index (χ1v) is 12.9. The number of rotatable bonds is 26. The fourth-order valence-electron chi connectivity index (χ4n) is 3.12. The Labute approximate surface area is 233 Å². The van der Waals surface area contributed by atoms with E-state index < -0.39 is 70.4 Å². The fourth-order valence-corrected chi connectivity index (χ4v) is 3.12. The van der Waals surface area contributed by atoms with Crippen LogP contribution in [0.5, 0.6) is 0 Å². The summed E-state index contributed by atoms with van der Waals surface area (Å²) in [4.78, 5) is 0. The van der Waals surface area contributed by atoms with Crippen LogP contribution in [0.25, 0.3) is 0 Å². The second-order valence-corrected chi connectivity index (χ2v) is 8.72. The molecular formula is C23H40F6O12. The molecule has 0 radical (unpaired) electrons. The minimum Gasteiger partial charge on any atom is -0.394 e. The summed E-state index contributed by atoms with van der Waals surface area (Å²) >= 11 is 0. The quantitative estimate of drug-likeness (QED) is 0.0832. The maximum Gasteiger partial charge on any atom is 0.495 e. The Hall–Kier alpha value is -0.900. The van der Waals surface area contributed by atoms with Crippen molar-refractivity contribution in [3.05, 3.63) is 0 Å². The molecule has 1 rings (SSSR count). The van der Waals surface area contributed by atoms with E-state index in [9.17, 15) is 31.4 Å². The van der Waals surface area contributed by atoms with Gasteiger partial charge in [-0.2, -0.15) is 17.6 Å². The van der Waals surface area contributed by atoms with Crippen molar-refractivity contribution >= 4 is 0 Å². The minimum absolute atomic E-state index is 0.0732. The smallest absolute Gasteiger partial charge is 0.394 e. The first-order chi connectivity index (χ1) is 19.4. The maximum absolute atomic E-state index is 13.6. The number of aliphatic hydroxyl groups excluding tert-OH is 2. The van der Waals surface area contributed by atoms with E-state index in [1.54, 1.807) is 0 Å². The molecule has 3 unspecified atom stereocenters. The van der Waals surface area contributed by atoms with E-state index in [0.29, 0.717) is 26.2 Å². The van der Waals surface area contributed by atoms with Crippen molar-refractivity contribution in [3.8, 4) is 0 Å². The zero-order valence-corrected chi connectivity index (χ0v) is 22.8. The Morgan fingerprint density at radius 2 is 1.49 bits per heavy atom. The number of hydrogen-bond acceptors (Lipinski definition) is 12. The highest BCUT2D eigenvalue weighted by molar-refractivity contribution is 4.61. The summed E-state index contributed by atoms with van der Waals surface area (Å²) in [7, 11) is 1.41. The Balaban J connectivity index is 2.25. The number of aliphatic hydroxyl groups is 2. The Bertz CT molecular complexity index is 646. The van der Waals surface area contributed by atoms with Gasteiger partial charge in [0.25, 0.3) is 0 Å². The van der Waals surface area contributed by atoms with Crippen LogP contribution in [0, 0.1) is 0 Å². The van der Waals surface area contributed by atoms with Crippen LogP contribution >= 0.6 is 0 Å². The summed E-state index contributed by atoms with van der Waals surface area (Å²) in [5, 5.41) is 18.3. The molecule has 12 nitrogen and oxygen atoms in total. The average Bonchev–Trinajstić information content (AvgIpc) is 2.88. The van der Waals surface area contributed by atoms with Gasteiger partial charge in [0.2, 0.25) is 0 Å². The van der Waals surface area contributed by atoms with Gasteiger partial charge in [-0.05, 0) is 25.7 Å². The van der Waals surface area contributed by atoms with Crippen molar-refractivity contribution in [2.24, 2.45) is 0 Å². The van der Waals surface area contributed by atoms with E-state index in [2.05, 4.69) is 18.9 Å². The Kier molecular flexibility index (Phi) is 19.4. The molecule has 0 amide bonds. The predicted molar refractivity (Wildman–Crippen MR) is 124 cm³/mol. The molecule has 0 spiro atoms. The molecule has 0 aromatic heterocycles. The standard InChI is InChI=1S/C23H40F6O12/c1-32-17-39-19(13-33-7-4-9-38-20-5-2-3-8-37-20)14-35-11-18(31)12-36-16-22(26,27)41-23(28,29)40-21(24,25)15-34-10-6-30/h18-20,30-31H,2-17H2,1H3. The van der Waals surface area contributed by atoms with E-state index in [4.69, 9.17) is 33.5 Å². The largest absolute Gasteiger partial charge is 0.495 e. The van der Waals surface area contributed by atoms with Gasteiger partial charge in [-0.25, -0.2) is 9.47 Å². The summed E-state index contributed by atoms with van der Waals surface area (Å²) in [6.45, 7) is -4.59. The van der Waals surface area contributed by atoms with Crippen molar-refractivity contribution in [2.75, 3.05) is 86.6 Å². The molecule has 2 N–H and O–H groups in total. The summed E-state index contributed by atoms with van der Waals surface area (Å²) in [6, 6.07) is 0. The van der Waals surface area contributed by atoms with Crippen molar-refractivity contribution in [1.82, 2.24) is 0 Å². The molecule has 3 atom stereocenters. The van der Waals surface area contributed by atoms with Crippen LogP contribution in [0.1, 0.15) is 25.7 Å². The zero-order valence-electron chi connectivity index (χ0n) is 22.8. The zero-order chi connectivity index (χ0) is 30.6. The van der Waals surface area contributed by atoms with Crippen molar-refractivity contribution in [1.29, 1.82) is 0 Å². The molecule has 0 aromatic rings. The summed E-state index contributed by atoms with van der Waals surface area (Å²) in [6.07, 6.45) is -13.6. The number of halogens is 6. The SMILES string of the molecule is COCOC(COCCCOC1CCCCO1)COCC(O)COCC(F)(F)OC(F)(F)OC(F)(F)COCCO. The van der Waals surface area contributed by atoms with Gasteiger partial charge in [-0.3, -0.25) is 0 Å². The predicted octanol–water partition coefficient (Wildman–Crippen LogP) is 2.10. The molecule has 246 valence electrons. The third-order valence-electron chi connectivity index (χ3n) is 4.84. The van der Waals surface area contributed by atoms with Crippen LogP contribution in [-0.2, 0) is 47.4 Å². The molecule has 41 heavy (non-hydrogen) atoms. The third-order valence-corrected chi connectivity index (χ3v) is 4.84. The van der Waals surface area contributed by atoms with Gasteiger partial charge in [0, 0.05) is 20.3 Å². The van der Waals surface area contributed by atoms with Crippen LogP contribution in [0.4, 0.5) is 26.3 Å². The second kappa shape index (κ2) is 20.9. The first kappa shape index (κ1) is 38.1. The van der Waals surface area contributed by atoms with Gasteiger partial charge in [-0.1, -0.05) is 0 Å². The lowest BCUT2D eigenvalue weighted by Crippen LogP contribution is -2.44. The summed E-state index contributed by atoms with van der Waals surface area (Å²) < 4.78 is 127. The lowest BCUT2D eigenvalue weighted by molar-refractivity contribution is -0.518. The van der Waals surface area contributed by atoms with Crippen molar-refractivity contribution in [3.63, 3.8) is 0 Å². The topological polar surface area (TPSA) is 133 Å². The van der Waals surface area contributed by atoms with Crippen LogP contribution in [0.15, 0.2) is 0 Å². The minimum atomic E-state index is -5.42. The highest BCUT2D eigenvalue weighted by atomic mass is 19.3. The molecular weight excluding hydrogens is 582 g/mol. The molecule has 0 saturated carbocycles. The molecule has 0 aliphatic carbocycles. The summed E-state index contributed by atoms with van der Waals surface area (Å²) in [5.41, 5.74) is 0. The monoisotopic (exact) mass is 622 g/mol. The fraction of sp³-hybridized carbons (Fsp3) is 1.00. The lowest BCUT2D eigenvalue weighted by Gasteiger charge is -2.26. The summed E-state index contributed by atoms with van der Waals surface area (Å²) in [5.74, 6) is 0. The van der Waals surface area contributed by atoms with Gasteiger partial charge < -0.3 is 48.1 Å². The first-order valence-electron chi connectivity index (χ1n) is 12.9. The molecule has 0 bridgehead atoms. The molecule has 1 saturated heterocycles. The van der Waals surface area contributed by atoms with Crippen LogP contribution in [0.3, 0.4) is 0 Å². The van der Waals surface area contributed by atoms with Crippen LogP contribution < -0.4 is 0 Å².